The lowest BCUT2D eigenvalue weighted by atomic mass is 10.1. The first-order valence-corrected chi connectivity index (χ1v) is 8.60. The molecule has 0 fully saturated rings. The minimum atomic E-state index is -4.49. The second-order valence-corrected chi connectivity index (χ2v) is 6.59. The molecular formula is C19H16F6N4O. The highest BCUT2D eigenvalue weighted by molar-refractivity contribution is 5.80. The molecule has 1 aromatic carbocycles. The first-order chi connectivity index (χ1) is 14.2. The summed E-state index contributed by atoms with van der Waals surface area (Å²) in [7, 11) is 0. The minimum absolute atomic E-state index is 0.0623. The van der Waals surface area contributed by atoms with E-state index in [1.54, 1.807) is 0 Å². The van der Waals surface area contributed by atoms with Crippen LogP contribution in [-0.2, 0) is 23.9 Å². The molecule has 0 spiro atoms. The molecule has 11 heteroatoms. The summed E-state index contributed by atoms with van der Waals surface area (Å²) >= 11 is 0. The number of hydrogen-bond acceptors (Lipinski definition) is 3. The fraction of sp³-hybridized carbons (Fsp3) is 0.316. The quantitative estimate of drug-likeness (QED) is 0.608. The lowest BCUT2D eigenvalue weighted by Crippen LogP contribution is -2.28. The Morgan fingerprint density at radius 1 is 1.17 bits per heavy atom. The van der Waals surface area contributed by atoms with Crippen LogP contribution in [-0.4, -0.2) is 26.8 Å². The van der Waals surface area contributed by atoms with Gasteiger partial charge in [0, 0.05) is 5.39 Å². The zero-order chi connectivity index (χ0) is 23.0. The maximum Gasteiger partial charge on any atom is 0.416 e. The average molecular weight is 431 g/mol. The molecule has 1 atom stereocenters. The Kier molecular flexibility index (Phi) is 5.35. The van der Waals surface area contributed by atoms with Gasteiger partial charge in [0.1, 0.15) is 6.54 Å². The van der Waals surface area contributed by atoms with Crippen molar-refractivity contribution in [2.24, 2.45) is 0 Å². The molecule has 0 aliphatic rings. The number of carbonyl (C=O) groups is 1. The van der Waals surface area contributed by atoms with Gasteiger partial charge in [-0.1, -0.05) is 12.1 Å². The number of alkyl halides is 6. The third-order valence-corrected chi connectivity index (χ3v) is 4.21. The van der Waals surface area contributed by atoms with Crippen molar-refractivity contribution in [3.63, 3.8) is 0 Å². The minimum Gasteiger partial charge on any atom is -0.348 e. The Morgan fingerprint density at radius 2 is 1.83 bits per heavy atom. The Labute approximate surface area is 168 Å². The van der Waals surface area contributed by atoms with E-state index in [2.05, 4.69) is 15.4 Å². The van der Waals surface area contributed by atoms with Crippen molar-refractivity contribution in [1.82, 2.24) is 20.1 Å². The van der Waals surface area contributed by atoms with E-state index in [4.69, 9.17) is 1.37 Å². The van der Waals surface area contributed by atoms with Gasteiger partial charge in [0.05, 0.1) is 43.0 Å². The summed E-state index contributed by atoms with van der Waals surface area (Å²) < 4.78 is 84.7. The molecule has 30 heavy (non-hydrogen) atoms. The molecular weight excluding hydrogens is 414 g/mol. The second-order valence-electron chi connectivity index (χ2n) is 6.59. The molecule has 0 bridgehead atoms. The number of rotatable bonds is 5. The van der Waals surface area contributed by atoms with E-state index >= 15 is 0 Å². The Balaban J connectivity index is 1.72. The van der Waals surface area contributed by atoms with E-state index in [0.29, 0.717) is 10.9 Å². The number of amides is 1. The standard InChI is InChI=1S/C19H16F6N4O/c1-11(28-17(30)6-12-2-4-14(5-3-12)19(23,24)25)15-7-13-8-27-29(10-18(20,21)22)16(13)9-26-15/h2-5,7-9,11H,6,10H2,1H3,(H,28,30)/i11D. The molecule has 1 N–H and O–H groups in total. The highest BCUT2D eigenvalue weighted by Gasteiger charge is 2.30. The third-order valence-electron chi connectivity index (χ3n) is 4.21. The molecule has 2 aromatic heterocycles. The van der Waals surface area contributed by atoms with Crippen molar-refractivity contribution >= 4 is 16.8 Å². The normalized spacial score (nSPS) is 15.0. The summed E-state index contributed by atoms with van der Waals surface area (Å²) in [4.78, 5) is 16.3. The van der Waals surface area contributed by atoms with Crippen LogP contribution in [0.5, 0.6) is 0 Å². The summed E-state index contributed by atoms with van der Waals surface area (Å²) in [5.41, 5.74) is -0.344. The van der Waals surface area contributed by atoms with Crippen molar-refractivity contribution in [1.29, 1.82) is 0 Å². The number of nitrogens with one attached hydrogen (secondary N) is 1. The van der Waals surface area contributed by atoms with Crippen LogP contribution in [0.2, 0.25) is 0 Å². The highest BCUT2D eigenvalue weighted by atomic mass is 19.4. The number of halogens is 6. The number of pyridine rings is 1. The van der Waals surface area contributed by atoms with E-state index in [1.165, 1.54) is 31.3 Å². The van der Waals surface area contributed by atoms with E-state index in [0.717, 1.165) is 23.0 Å². The largest absolute Gasteiger partial charge is 0.416 e. The van der Waals surface area contributed by atoms with Crippen LogP contribution in [0.3, 0.4) is 0 Å². The molecule has 1 amide bonds. The van der Waals surface area contributed by atoms with Crippen LogP contribution in [0.15, 0.2) is 42.7 Å². The molecule has 3 aromatic rings. The smallest absolute Gasteiger partial charge is 0.348 e. The fourth-order valence-electron chi connectivity index (χ4n) is 2.79. The Morgan fingerprint density at radius 3 is 2.43 bits per heavy atom. The van der Waals surface area contributed by atoms with Gasteiger partial charge >= 0.3 is 12.4 Å². The first kappa shape index (κ1) is 20.2. The molecule has 0 radical (unpaired) electrons. The lowest BCUT2D eigenvalue weighted by molar-refractivity contribution is -0.142. The monoisotopic (exact) mass is 431 g/mol. The molecule has 0 aliphatic carbocycles. The predicted molar refractivity (Wildman–Crippen MR) is 95.3 cm³/mol. The molecule has 2 heterocycles. The van der Waals surface area contributed by atoms with Gasteiger partial charge in [0.15, 0.2) is 0 Å². The van der Waals surface area contributed by atoms with E-state index in [9.17, 15) is 31.1 Å². The molecule has 1 unspecified atom stereocenters. The van der Waals surface area contributed by atoms with Crippen molar-refractivity contribution < 1.29 is 32.5 Å². The summed E-state index contributed by atoms with van der Waals surface area (Å²) in [5.74, 6) is -0.632. The van der Waals surface area contributed by atoms with E-state index in [1.807, 2.05) is 0 Å². The SMILES string of the molecule is [2H]C(C)(NC(=O)Cc1ccc(C(F)(F)F)cc1)c1cc2cnn(CC(F)(F)F)c2cn1. The first-order valence-electron chi connectivity index (χ1n) is 9.10. The van der Waals surface area contributed by atoms with Gasteiger partial charge in [0.25, 0.3) is 0 Å². The molecule has 160 valence electrons. The molecule has 5 nitrogen and oxygen atoms in total. The van der Waals surface area contributed by atoms with Crippen LogP contribution >= 0.6 is 0 Å². The maximum absolute atomic E-state index is 12.6. The maximum atomic E-state index is 12.6. The van der Waals surface area contributed by atoms with E-state index in [-0.39, 0.29) is 17.6 Å². The number of fused-ring (bicyclic) bond motifs is 1. The Bertz CT molecular complexity index is 1090. The van der Waals surface area contributed by atoms with Crippen LogP contribution in [0.1, 0.15) is 31.1 Å². The summed E-state index contributed by atoms with van der Waals surface area (Å²) in [5, 5.41) is 6.39. The molecule has 3 rings (SSSR count). The van der Waals surface area contributed by atoms with Gasteiger partial charge in [-0.05, 0) is 30.7 Å². The van der Waals surface area contributed by atoms with Crippen molar-refractivity contribution in [3.05, 3.63) is 59.5 Å². The van der Waals surface area contributed by atoms with Crippen molar-refractivity contribution in [3.8, 4) is 0 Å². The van der Waals surface area contributed by atoms with Gasteiger partial charge in [-0.25, -0.2) is 0 Å². The van der Waals surface area contributed by atoms with Crippen LogP contribution in [0, 0.1) is 0 Å². The highest BCUT2D eigenvalue weighted by Crippen LogP contribution is 2.29. The second kappa shape index (κ2) is 7.96. The van der Waals surface area contributed by atoms with E-state index < -0.39 is 36.4 Å². The number of benzene rings is 1. The summed E-state index contributed by atoms with van der Waals surface area (Å²) in [6.07, 6.45) is -6.88. The molecule has 0 aliphatic heterocycles. The van der Waals surface area contributed by atoms with Gasteiger partial charge in [0.2, 0.25) is 5.91 Å². The van der Waals surface area contributed by atoms with Crippen LogP contribution in [0.25, 0.3) is 10.9 Å². The zero-order valence-electron chi connectivity index (χ0n) is 16.5. The molecule has 0 saturated heterocycles. The van der Waals surface area contributed by atoms with Crippen molar-refractivity contribution in [2.75, 3.05) is 0 Å². The van der Waals surface area contributed by atoms with Crippen molar-refractivity contribution in [2.45, 2.75) is 38.3 Å². The zero-order valence-corrected chi connectivity index (χ0v) is 15.5. The van der Waals surface area contributed by atoms with Gasteiger partial charge in [-0.3, -0.25) is 14.5 Å². The average Bonchev–Trinajstić information content (AvgIpc) is 3.01. The van der Waals surface area contributed by atoms with Crippen LogP contribution in [0.4, 0.5) is 26.3 Å². The number of nitrogens with zero attached hydrogens (tertiary/aromatic N) is 3. The number of hydrogen-bond donors (Lipinski definition) is 1. The summed E-state index contributed by atoms with van der Waals surface area (Å²) in [6.45, 7) is 0.0332. The Hall–Kier alpha value is -3.11. The van der Waals surface area contributed by atoms with Crippen LogP contribution < -0.4 is 5.32 Å². The van der Waals surface area contributed by atoms with Gasteiger partial charge < -0.3 is 5.32 Å². The third kappa shape index (κ3) is 5.28. The number of aromatic nitrogens is 3. The van der Waals surface area contributed by atoms with Gasteiger partial charge in [-0.15, -0.1) is 0 Å². The summed E-state index contributed by atoms with van der Waals surface area (Å²) in [6, 6.07) is 3.67. The fourth-order valence-corrected chi connectivity index (χ4v) is 2.79. The van der Waals surface area contributed by atoms with Gasteiger partial charge in [-0.2, -0.15) is 31.4 Å². The predicted octanol–water partition coefficient (Wildman–Crippen LogP) is 4.43. The number of carbonyl (C=O) groups excluding carboxylic acids is 1. The topological polar surface area (TPSA) is 59.8 Å². The lowest BCUT2D eigenvalue weighted by Gasteiger charge is -2.14. The molecule has 0 saturated carbocycles.